The minimum absolute atomic E-state index is 0.0819. The first-order valence-corrected chi connectivity index (χ1v) is 30.3. The van der Waals surface area contributed by atoms with Gasteiger partial charge in [-0.2, -0.15) is 0 Å². The molecule has 0 aromatic heterocycles. The Kier molecular flexibility index (Phi) is 56.3. The fraction of sp³-hybridized carbons (Fsp3) is 0.797. The number of rotatable bonds is 55. The van der Waals surface area contributed by atoms with Crippen LogP contribution in [-0.2, 0) is 28.6 Å². The van der Waals surface area contributed by atoms with E-state index in [1.807, 2.05) is 0 Å². The number of esters is 3. The highest BCUT2D eigenvalue weighted by Crippen LogP contribution is 2.16. The molecule has 0 radical (unpaired) electrons. The average molecular weight is 980 g/mol. The summed E-state index contributed by atoms with van der Waals surface area (Å²) >= 11 is 0. The average Bonchev–Trinajstić information content (AvgIpc) is 3.36. The molecule has 70 heavy (non-hydrogen) atoms. The van der Waals surface area contributed by atoms with Crippen molar-refractivity contribution in [1.82, 2.24) is 0 Å². The molecule has 0 bridgehead atoms. The van der Waals surface area contributed by atoms with Crippen LogP contribution in [0.3, 0.4) is 0 Å². The summed E-state index contributed by atoms with van der Waals surface area (Å²) in [6.07, 6.45) is 73.6. The lowest BCUT2D eigenvalue weighted by atomic mass is 10.0. The Bertz CT molecular complexity index is 1260. The molecule has 0 rings (SSSR count). The van der Waals surface area contributed by atoms with Crippen LogP contribution in [0.25, 0.3) is 0 Å². The lowest BCUT2D eigenvalue weighted by Crippen LogP contribution is -2.30. The van der Waals surface area contributed by atoms with E-state index in [4.69, 9.17) is 14.2 Å². The zero-order valence-corrected chi connectivity index (χ0v) is 46.5. The second-order valence-electron chi connectivity index (χ2n) is 20.2. The van der Waals surface area contributed by atoms with Gasteiger partial charge in [0.05, 0.1) is 0 Å². The number of ether oxygens (including phenoxy) is 3. The minimum atomic E-state index is -0.785. The van der Waals surface area contributed by atoms with Crippen molar-refractivity contribution in [3.05, 3.63) is 60.8 Å². The van der Waals surface area contributed by atoms with E-state index in [0.29, 0.717) is 19.3 Å². The van der Waals surface area contributed by atoms with Crippen molar-refractivity contribution in [2.75, 3.05) is 13.2 Å². The molecule has 1 atom stereocenters. The van der Waals surface area contributed by atoms with E-state index < -0.39 is 6.10 Å². The number of carbonyl (C=O) groups is 3. The third-order valence-corrected chi connectivity index (χ3v) is 13.2. The third kappa shape index (κ3) is 56.0. The predicted molar refractivity (Wildman–Crippen MR) is 302 cm³/mol. The van der Waals surface area contributed by atoms with E-state index in [-0.39, 0.29) is 31.1 Å². The standard InChI is InChI=1S/C64H114O6/c1-4-7-10-13-16-19-22-25-28-29-30-31-32-33-34-35-37-39-42-45-48-51-54-57-63(66)69-60-61(59-68-62(65)56-53-50-47-44-41-38-27-24-21-18-15-12-9-6-3)70-64(67)58-55-52-49-46-43-40-36-26-23-20-17-14-11-8-5-2/h15,18,22,24-27,29-30,36,61H,4-14,16-17,19-21,23,28,31-35,37-60H2,1-3H3/b18-15-,25-22-,27-24-,30-29-,36-26-. The number of hydrogen-bond acceptors (Lipinski definition) is 6. The highest BCUT2D eigenvalue weighted by molar-refractivity contribution is 5.71. The van der Waals surface area contributed by atoms with Gasteiger partial charge in [0, 0.05) is 19.3 Å². The van der Waals surface area contributed by atoms with Gasteiger partial charge in [-0.1, -0.05) is 248 Å². The topological polar surface area (TPSA) is 78.9 Å². The largest absolute Gasteiger partial charge is 0.462 e. The summed E-state index contributed by atoms with van der Waals surface area (Å²) in [7, 11) is 0. The summed E-state index contributed by atoms with van der Waals surface area (Å²) in [6, 6.07) is 0. The summed E-state index contributed by atoms with van der Waals surface area (Å²) in [6.45, 7) is 6.59. The number of hydrogen-bond donors (Lipinski definition) is 0. The molecule has 6 heteroatoms. The van der Waals surface area contributed by atoms with Gasteiger partial charge >= 0.3 is 17.9 Å². The van der Waals surface area contributed by atoms with Crippen LogP contribution >= 0.6 is 0 Å². The van der Waals surface area contributed by atoms with E-state index >= 15 is 0 Å². The molecule has 0 heterocycles. The highest BCUT2D eigenvalue weighted by atomic mass is 16.6. The molecule has 0 amide bonds. The van der Waals surface area contributed by atoms with Gasteiger partial charge in [-0.25, -0.2) is 0 Å². The molecule has 406 valence electrons. The first-order valence-electron chi connectivity index (χ1n) is 30.3. The minimum Gasteiger partial charge on any atom is -0.462 e. The van der Waals surface area contributed by atoms with Crippen molar-refractivity contribution >= 4 is 17.9 Å². The third-order valence-electron chi connectivity index (χ3n) is 13.2. The van der Waals surface area contributed by atoms with Crippen LogP contribution in [0.2, 0.25) is 0 Å². The molecular formula is C64H114O6. The lowest BCUT2D eigenvalue weighted by Gasteiger charge is -2.18. The van der Waals surface area contributed by atoms with Crippen molar-refractivity contribution in [3.8, 4) is 0 Å². The predicted octanol–water partition coefficient (Wildman–Crippen LogP) is 20.4. The van der Waals surface area contributed by atoms with Crippen LogP contribution < -0.4 is 0 Å². The molecule has 6 nitrogen and oxygen atoms in total. The molecule has 0 aliphatic heterocycles. The van der Waals surface area contributed by atoms with Gasteiger partial charge in [-0.3, -0.25) is 14.4 Å². The Morgan fingerprint density at radius 3 is 0.843 bits per heavy atom. The van der Waals surface area contributed by atoms with Gasteiger partial charge in [0.15, 0.2) is 6.10 Å². The molecule has 1 unspecified atom stereocenters. The van der Waals surface area contributed by atoms with Crippen LogP contribution in [0.5, 0.6) is 0 Å². The molecule has 0 fully saturated rings. The van der Waals surface area contributed by atoms with Crippen molar-refractivity contribution < 1.29 is 28.6 Å². The molecule has 0 aliphatic rings. The fourth-order valence-electron chi connectivity index (χ4n) is 8.60. The van der Waals surface area contributed by atoms with Crippen molar-refractivity contribution in [2.24, 2.45) is 0 Å². The fourth-order valence-corrected chi connectivity index (χ4v) is 8.60. The van der Waals surface area contributed by atoms with Crippen LogP contribution in [0.15, 0.2) is 60.8 Å². The summed E-state index contributed by atoms with van der Waals surface area (Å²) < 4.78 is 16.9. The zero-order chi connectivity index (χ0) is 50.7. The van der Waals surface area contributed by atoms with E-state index in [2.05, 4.69) is 81.5 Å². The van der Waals surface area contributed by atoms with Gasteiger partial charge in [0.25, 0.3) is 0 Å². The van der Waals surface area contributed by atoms with Crippen LogP contribution in [0.1, 0.15) is 310 Å². The molecule has 0 saturated carbocycles. The number of unbranched alkanes of at least 4 members (excludes halogenated alkanes) is 34. The van der Waals surface area contributed by atoms with Gasteiger partial charge in [0.2, 0.25) is 0 Å². The van der Waals surface area contributed by atoms with E-state index in [1.165, 1.54) is 173 Å². The number of allylic oxidation sites excluding steroid dienone is 10. The first kappa shape index (κ1) is 67.1. The second kappa shape index (κ2) is 58.7. The zero-order valence-electron chi connectivity index (χ0n) is 46.5. The molecule has 0 aromatic rings. The van der Waals surface area contributed by atoms with Gasteiger partial charge in [-0.15, -0.1) is 0 Å². The Hall–Kier alpha value is -2.89. The maximum absolute atomic E-state index is 12.9. The Labute approximate surface area is 434 Å². The smallest absolute Gasteiger partial charge is 0.306 e. The first-order chi connectivity index (χ1) is 34.5. The van der Waals surface area contributed by atoms with Crippen LogP contribution in [0, 0.1) is 0 Å². The molecule has 0 saturated heterocycles. The number of carbonyl (C=O) groups excluding carboxylic acids is 3. The van der Waals surface area contributed by atoms with E-state index in [0.717, 1.165) is 96.3 Å². The van der Waals surface area contributed by atoms with Gasteiger partial charge < -0.3 is 14.2 Å². The van der Waals surface area contributed by atoms with Crippen LogP contribution in [0.4, 0.5) is 0 Å². The Balaban J connectivity index is 4.32. The van der Waals surface area contributed by atoms with E-state index in [1.54, 1.807) is 0 Å². The molecular weight excluding hydrogens is 865 g/mol. The molecule has 0 aromatic carbocycles. The van der Waals surface area contributed by atoms with Crippen molar-refractivity contribution in [2.45, 2.75) is 316 Å². The Morgan fingerprint density at radius 2 is 0.529 bits per heavy atom. The lowest BCUT2D eigenvalue weighted by molar-refractivity contribution is -0.167. The quantitative estimate of drug-likeness (QED) is 0.0261. The molecule has 0 spiro atoms. The maximum Gasteiger partial charge on any atom is 0.306 e. The second-order valence-corrected chi connectivity index (χ2v) is 20.2. The van der Waals surface area contributed by atoms with Crippen molar-refractivity contribution in [1.29, 1.82) is 0 Å². The SMILES string of the molecule is CCCC/C=C\C/C=C\CCCCCCCC(=O)OCC(COC(=O)CCCCCCCCCCCCC/C=C\C/C=C\CCCCCCC)OC(=O)CCCCCCC/C=C\CCCCCCCC. The van der Waals surface area contributed by atoms with Gasteiger partial charge in [-0.05, 0) is 103 Å². The van der Waals surface area contributed by atoms with Crippen molar-refractivity contribution in [3.63, 3.8) is 0 Å². The normalized spacial score (nSPS) is 12.4. The van der Waals surface area contributed by atoms with Crippen LogP contribution in [-0.4, -0.2) is 37.2 Å². The monoisotopic (exact) mass is 979 g/mol. The summed E-state index contributed by atoms with van der Waals surface area (Å²) in [4.78, 5) is 38.2. The summed E-state index contributed by atoms with van der Waals surface area (Å²) in [5.41, 5.74) is 0. The molecule has 0 aliphatic carbocycles. The highest BCUT2D eigenvalue weighted by Gasteiger charge is 2.19. The summed E-state index contributed by atoms with van der Waals surface area (Å²) in [5, 5.41) is 0. The van der Waals surface area contributed by atoms with E-state index in [9.17, 15) is 14.4 Å². The van der Waals surface area contributed by atoms with Gasteiger partial charge in [0.1, 0.15) is 13.2 Å². The molecule has 0 N–H and O–H groups in total. The maximum atomic E-state index is 12.9. The summed E-state index contributed by atoms with van der Waals surface area (Å²) in [5.74, 6) is -0.895. The Morgan fingerprint density at radius 1 is 0.286 bits per heavy atom.